The van der Waals surface area contributed by atoms with Crippen molar-refractivity contribution < 1.29 is 17.9 Å². The summed E-state index contributed by atoms with van der Waals surface area (Å²) < 4.78 is 28.4. The third-order valence-corrected chi connectivity index (χ3v) is 5.76. The Morgan fingerprint density at radius 3 is 2.35 bits per heavy atom. The highest BCUT2D eigenvalue weighted by Crippen LogP contribution is 2.31. The second kappa shape index (κ2) is 6.33. The van der Waals surface area contributed by atoms with Crippen LogP contribution in [0.4, 0.5) is 0 Å². The second-order valence-electron chi connectivity index (χ2n) is 5.20. The number of halogens is 2. The van der Waals surface area contributed by atoms with E-state index in [1.807, 2.05) is 0 Å². The van der Waals surface area contributed by atoms with Crippen LogP contribution in [0.2, 0.25) is 10.0 Å². The van der Waals surface area contributed by atoms with E-state index in [1.165, 1.54) is 12.1 Å². The summed E-state index contributed by atoms with van der Waals surface area (Å²) in [5.74, 6) is -0.0107. The van der Waals surface area contributed by atoms with E-state index in [0.717, 1.165) is 0 Å². The highest BCUT2D eigenvalue weighted by molar-refractivity contribution is 7.92. The molecule has 20 heavy (non-hydrogen) atoms. The third-order valence-electron chi connectivity index (χ3n) is 2.70. The summed E-state index contributed by atoms with van der Waals surface area (Å²) in [6.07, 6.45) is 0.561. The molecule has 112 valence electrons. The van der Waals surface area contributed by atoms with Gasteiger partial charge in [-0.25, -0.2) is 8.42 Å². The Labute approximate surface area is 128 Å². The van der Waals surface area contributed by atoms with Crippen molar-refractivity contribution in [1.29, 1.82) is 0 Å². The van der Waals surface area contributed by atoms with Crippen LogP contribution >= 0.6 is 23.2 Å². The van der Waals surface area contributed by atoms with Gasteiger partial charge in [0.05, 0.1) is 21.1 Å². The number of benzene rings is 1. The van der Waals surface area contributed by atoms with Gasteiger partial charge in [-0.15, -0.1) is 0 Å². The first-order valence-electron chi connectivity index (χ1n) is 5.88. The molecule has 0 amide bonds. The van der Waals surface area contributed by atoms with Gasteiger partial charge in [0.25, 0.3) is 0 Å². The standard InChI is InChI=1S/C13H16Cl2O4S/c1-13(2,3)20(17,18)5-4-19-12-9(8-16)6-10(14)7-11(12)15/h6-8H,4-5H2,1-3H3. The molecule has 7 heteroatoms. The topological polar surface area (TPSA) is 60.4 Å². The first-order valence-corrected chi connectivity index (χ1v) is 8.28. The maximum atomic E-state index is 11.9. The molecule has 4 nitrogen and oxygen atoms in total. The summed E-state index contributed by atoms with van der Waals surface area (Å²) in [5.41, 5.74) is 0.190. The van der Waals surface area contributed by atoms with Gasteiger partial charge >= 0.3 is 0 Å². The van der Waals surface area contributed by atoms with Gasteiger partial charge in [-0.3, -0.25) is 4.79 Å². The molecule has 0 radical (unpaired) electrons. The Morgan fingerprint density at radius 1 is 1.25 bits per heavy atom. The molecule has 0 aliphatic rings. The molecular weight excluding hydrogens is 323 g/mol. The Bertz CT molecular complexity index is 604. The average Bonchev–Trinajstić information content (AvgIpc) is 2.29. The van der Waals surface area contributed by atoms with E-state index < -0.39 is 14.6 Å². The fourth-order valence-corrected chi connectivity index (χ4v) is 2.86. The van der Waals surface area contributed by atoms with Gasteiger partial charge in [-0.1, -0.05) is 23.2 Å². The molecule has 0 saturated carbocycles. The van der Waals surface area contributed by atoms with Crippen LogP contribution in [0.3, 0.4) is 0 Å². The van der Waals surface area contributed by atoms with Crippen LogP contribution in [-0.2, 0) is 9.84 Å². The molecule has 1 aromatic carbocycles. The van der Waals surface area contributed by atoms with Crippen LogP contribution in [0, 0.1) is 0 Å². The molecule has 0 atom stereocenters. The van der Waals surface area contributed by atoms with E-state index in [0.29, 0.717) is 11.3 Å². The number of carbonyl (C=O) groups is 1. The SMILES string of the molecule is CC(C)(C)S(=O)(=O)CCOc1c(Cl)cc(Cl)cc1C=O. The number of sulfone groups is 1. The molecule has 0 aromatic heterocycles. The summed E-state index contributed by atoms with van der Waals surface area (Å²) in [6.45, 7) is 4.78. The minimum atomic E-state index is -3.29. The lowest BCUT2D eigenvalue weighted by Gasteiger charge is -2.19. The lowest BCUT2D eigenvalue weighted by Crippen LogP contribution is -2.32. The van der Waals surface area contributed by atoms with E-state index in [-0.39, 0.29) is 28.7 Å². The monoisotopic (exact) mass is 338 g/mol. The zero-order valence-corrected chi connectivity index (χ0v) is 13.8. The summed E-state index contributed by atoms with van der Waals surface area (Å²) in [6, 6.07) is 2.84. The summed E-state index contributed by atoms with van der Waals surface area (Å²) in [4.78, 5) is 10.9. The average molecular weight is 339 g/mol. The van der Waals surface area contributed by atoms with Gasteiger partial charge in [0.1, 0.15) is 12.4 Å². The first-order chi connectivity index (χ1) is 9.08. The van der Waals surface area contributed by atoms with Crippen LogP contribution in [-0.4, -0.2) is 31.8 Å². The van der Waals surface area contributed by atoms with E-state index in [9.17, 15) is 13.2 Å². The minimum Gasteiger partial charge on any atom is -0.490 e. The molecule has 0 spiro atoms. The van der Waals surface area contributed by atoms with Crippen molar-refractivity contribution in [2.75, 3.05) is 12.4 Å². The summed E-state index contributed by atoms with van der Waals surface area (Å²) >= 11 is 11.7. The largest absolute Gasteiger partial charge is 0.490 e. The van der Waals surface area contributed by atoms with E-state index in [2.05, 4.69) is 0 Å². The van der Waals surface area contributed by atoms with Crippen LogP contribution in [0.1, 0.15) is 31.1 Å². The van der Waals surface area contributed by atoms with Crippen molar-refractivity contribution in [2.45, 2.75) is 25.5 Å². The van der Waals surface area contributed by atoms with Crippen molar-refractivity contribution in [3.8, 4) is 5.75 Å². The second-order valence-corrected chi connectivity index (χ2v) is 8.91. The summed E-state index contributed by atoms with van der Waals surface area (Å²) in [7, 11) is -3.29. The van der Waals surface area contributed by atoms with Crippen molar-refractivity contribution in [1.82, 2.24) is 0 Å². The van der Waals surface area contributed by atoms with Gasteiger partial charge in [0, 0.05) is 5.02 Å². The number of ether oxygens (including phenoxy) is 1. The van der Waals surface area contributed by atoms with Crippen molar-refractivity contribution in [2.24, 2.45) is 0 Å². The fraction of sp³-hybridized carbons (Fsp3) is 0.462. The van der Waals surface area contributed by atoms with Gasteiger partial charge in [0.15, 0.2) is 16.1 Å². The molecule has 0 saturated heterocycles. The van der Waals surface area contributed by atoms with E-state index in [1.54, 1.807) is 20.8 Å². The van der Waals surface area contributed by atoms with Gasteiger partial charge < -0.3 is 4.74 Å². The maximum absolute atomic E-state index is 11.9. The van der Waals surface area contributed by atoms with Crippen LogP contribution in [0.5, 0.6) is 5.75 Å². The Kier molecular flexibility index (Phi) is 5.46. The number of rotatable bonds is 5. The normalized spacial score (nSPS) is 12.2. The van der Waals surface area contributed by atoms with Crippen molar-refractivity contribution in [3.05, 3.63) is 27.7 Å². The fourth-order valence-electron chi connectivity index (χ4n) is 1.38. The zero-order valence-electron chi connectivity index (χ0n) is 11.4. The molecular formula is C13H16Cl2O4S. The molecule has 0 bridgehead atoms. The first kappa shape index (κ1) is 17.3. The quantitative estimate of drug-likeness (QED) is 0.772. The smallest absolute Gasteiger partial charge is 0.158 e. The minimum absolute atomic E-state index is 0.0816. The van der Waals surface area contributed by atoms with Crippen molar-refractivity contribution in [3.63, 3.8) is 0 Å². The summed E-state index contributed by atoms with van der Waals surface area (Å²) in [5, 5.41) is 0.486. The molecule has 0 fully saturated rings. The van der Waals surface area contributed by atoms with Crippen LogP contribution in [0.15, 0.2) is 12.1 Å². The van der Waals surface area contributed by atoms with Gasteiger partial charge in [-0.2, -0.15) is 0 Å². The maximum Gasteiger partial charge on any atom is 0.158 e. The highest BCUT2D eigenvalue weighted by Gasteiger charge is 2.28. The van der Waals surface area contributed by atoms with Crippen LogP contribution < -0.4 is 4.74 Å². The molecule has 0 aliphatic heterocycles. The Morgan fingerprint density at radius 2 is 1.85 bits per heavy atom. The molecule has 1 rings (SSSR count). The zero-order chi connectivity index (χ0) is 15.6. The van der Waals surface area contributed by atoms with E-state index in [4.69, 9.17) is 27.9 Å². The number of hydrogen-bond donors (Lipinski definition) is 0. The lowest BCUT2D eigenvalue weighted by molar-refractivity contribution is 0.112. The van der Waals surface area contributed by atoms with Gasteiger partial charge in [-0.05, 0) is 32.9 Å². The lowest BCUT2D eigenvalue weighted by atomic mass is 10.2. The van der Waals surface area contributed by atoms with Crippen molar-refractivity contribution >= 4 is 39.3 Å². The molecule has 0 heterocycles. The molecule has 1 aromatic rings. The third kappa shape index (κ3) is 4.11. The number of carbonyl (C=O) groups excluding carboxylic acids is 1. The predicted molar refractivity (Wildman–Crippen MR) is 80.9 cm³/mol. The predicted octanol–water partition coefficient (Wildman–Crippen LogP) is 3.40. The highest BCUT2D eigenvalue weighted by atomic mass is 35.5. The number of hydrogen-bond acceptors (Lipinski definition) is 4. The molecule has 0 aliphatic carbocycles. The Balaban J connectivity index is 2.85. The number of aldehydes is 1. The Hall–Kier alpha value is -0.780. The molecule has 0 N–H and O–H groups in total. The molecule has 0 unspecified atom stereocenters. The van der Waals surface area contributed by atoms with Gasteiger partial charge in [0.2, 0.25) is 0 Å². The van der Waals surface area contributed by atoms with Crippen LogP contribution in [0.25, 0.3) is 0 Å². The van der Waals surface area contributed by atoms with E-state index >= 15 is 0 Å².